The zero-order valence-corrected chi connectivity index (χ0v) is 17.5. The second-order valence-corrected chi connectivity index (χ2v) is 9.72. The average molecular weight is 420 g/mol. The van der Waals surface area contributed by atoms with Gasteiger partial charge in [-0.3, -0.25) is 9.10 Å². The first-order valence-electron chi connectivity index (χ1n) is 10.3. The molecule has 0 aliphatic carbocycles. The van der Waals surface area contributed by atoms with Gasteiger partial charge in [-0.05, 0) is 30.5 Å². The van der Waals surface area contributed by atoms with E-state index >= 15 is 0 Å². The van der Waals surface area contributed by atoms with Crippen molar-refractivity contribution in [1.82, 2.24) is 0 Å². The van der Waals surface area contributed by atoms with Crippen molar-refractivity contribution in [1.29, 1.82) is 0 Å². The second kappa shape index (κ2) is 8.84. The molecule has 1 aliphatic heterocycles. The molecule has 0 unspecified atom stereocenters. The van der Waals surface area contributed by atoms with Gasteiger partial charge in [-0.25, -0.2) is 8.42 Å². The molecule has 4 nitrogen and oxygen atoms in total. The normalized spacial score (nSPS) is 19.2. The highest BCUT2D eigenvalue weighted by Crippen LogP contribution is 2.38. The molecule has 0 aromatic heterocycles. The van der Waals surface area contributed by atoms with Crippen molar-refractivity contribution in [3.05, 3.63) is 102 Å². The fourth-order valence-corrected chi connectivity index (χ4v) is 6.52. The monoisotopic (exact) mass is 419 g/mol. The van der Waals surface area contributed by atoms with Crippen molar-refractivity contribution in [2.75, 3.05) is 10.8 Å². The van der Waals surface area contributed by atoms with E-state index in [1.54, 1.807) is 12.1 Å². The highest BCUT2D eigenvalue weighted by Gasteiger charge is 2.42. The summed E-state index contributed by atoms with van der Waals surface area (Å²) >= 11 is 0. The van der Waals surface area contributed by atoms with Crippen LogP contribution in [0.25, 0.3) is 0 Å². The van der Waals surface area contributed by atoms with E-state index in [2.05, 4.69) is 0 Å². The number of nitrogens with zero attached hydrogens (tertiary/aromatic N) is 1. The molecule has 1 heterocycles. The Hall–Kier alpha value is -2.92. The van der Waals surface area contributed by atoms with Gasteiger partial charge in [0.1, 0.15) is 0 Å². The van der Waals surface area contributed by atoms with Crippen molar-refractivity contribution in [2.24, 2.45) is 0 Å². The van der Waals surface area contributed by atoms with Crippen LogP contribution in [0.4, 0.5) is 5.69 Å². The molecule has 1 fully saturated rings. The number of hydrogen-bond donors (Lipinski definition) is 0. The lowest BCUT2D eigenvalue weighted by Gasteiger charge is -2.37. The molecule has 1 saturated heterocycles. The van der Waals surface area contributed by atoms with Crippen molar-refractivity contribution in [2.45, 2.75) is 30.4 Å². The quantitative estimate of drug-likeness (QED) is 0.526. The van der Waals surface area contributed by atoms with Crippen LogP contribution in [-0.2, 0) is 10.0 Å². The van der Waals surface area contributed by atoms with E-state index in [1.165, 1.54) is 4.31 Å². The number of carbonyl (C=O) groups excluding carboxylic acids is 1. The Morgan fingerprint density at radius 2 is 1.43 bits per heavy atom. The molecule has 0 amide bonds. The zero-order chi connectivity index (χ0) is 21.0. The topological polar surface area (TPSA) is 54.5 Å². The minimum atomic E-state index is -3.61. The van der Waals surface area contributed by atoms with Crippen molar-refractivity contribution in [3.8, 4) is 0 Å². The number of hydrogen-bond acceptors (Lipinski definition) is 3. The number of para-hydroxylation sites is 1. The van der Waals surface area contributed by atoms with E-state index in [-0.39, 0.29) is 12.2 Å². The lowest BCUT2D eigenvalue weighted by molar-refractivity contribution is 0.0972. The maximum atomic E-state index is 13.7. The van der Waals surface area contributed by atoms with Crippen LogP contribution in [0, 0.1) is 0 Å². The highest BCUT2D eigenvalue weighted by atomic mass is 32.2. The summed E-state index contributed by atoms with van der Waals surface area (Å²) in [5, 5.41) is -0.637. The number of sulfonamides is 1. The molecule has 0 saturated carbocycles. The number of carbonyl (C=O) groups is 1. The number of anilines is 1. The molecule has 3 aromatic rings. The lowest BCUT2D eigenvalue weighted by atomic mass is 9.87. The van der Waals surface area contributed by atoms with Gasteiger partial charge in [-0.15, -0.1) is 0 Å². The number of rotatable bonds is 6. The van der Waals surface area contributed by atoms with Crippen LogP contribution in [0.15, 0.2) is 91.0 Å². The molecule has 1 aliphatic rings. The molecule has 2 atom stereocenters. The fourth-order valence-electron chi connectivity index (χ4n) is 4.26. The third kappa shape index (κ3) is 4.17. The van der Waals surface area contributed by atoms with Gasteiger partial charge in [0, 0.05) is 24.4 Å². The molecule has 0 bridgehead atoms. The smallest absolute Gasteiger partial charge is 0.238 e. The van der Waals surface area contributed by atoms with E-state index in [0.29, 0.717) is 24.2 Å². The van der Waals surface area contributed by atoms with Gasteiger partial charge in [0.15, 0.2) is 5.78 Å². The Morgan fingerprint density at radius 3 is 2.07 bits per heavy atom. The SMILES string of the molecule is O=C(C[C@H](c1ccccc1)[C@H]1CCCN(c2ccccc2)S1(=O)=O)c1ccccc1. The summed E-state index contributed by atoms with van der Waals surface area (Å²) in [6, 6.07) is 27.9. The Balaban J connectivity index is 1.70. The van der Waals surface area contributed by atoms with Gasteiger partial charge in [0.2, 0.25) is 10.0 Å². The highest BCUT2D eigenvalue weighted by molar-refractivity contribution is 7.93. The van der Waals surface area contributed by atoms with Crippen molar-refractivity contribution in [3.63, 3.8) is 0 Å². The Bertz CT molecular complexity index is 1080. The maximum absolute atomic E-state index is 13.7. The van der Waals surface area contributed by atoms with Crippen LogP contribution in [0.5, 0.6) is 0 Å². The van der Waals surface area contributed by atoms with Gasteiger partial charge >= 0.3 is 0 Å². The summed E-state index contributed by atoms with van der Waals surface area (Å²) in [5.41, 5.74) is 2.19. The van der Waals surface area contributed by atoms with E-state index in [4.69, 9.17) is 0 Å². The predicted octanol–water partition coefficient (Wildman–Crippen LogP) is 5.04. The van der Waals surface area contributed by atoms with Crippen molar-refractivity contribution < 1.29 is 13.2 Å². The van der Waals surface area contributed by atoms with E-state index in [0.717, 1.165) is 12.0 Å². The Labute approximate surface area is 178 Å². The van der Waals surface area contributed by atoms with Crippen LogP contribution in [0.2, 0.25) is 0 Å². The fraction of sp³-hybridized carbons (Fsp3) is 0.240. The molecule has 154 valence electrons. The summed E-state index contributed by atoms with van der Waals surface area (Å²) in [5.74, 6) is -0.424. The zero-order valence-electron chi connectivity index (χ0n) is 16.7. The first kappa shape index (κ1) is 20.4. The van der Waals surface area contributed by atoms with Crippen LogP contribution in [0.3, 0.4) is 0 Å². The van der Waals surface area contributed by atoms with Gasteiger partial charge in [0.05, 0.1) is 10.9 Å². The minimum Gasteiger partial charge on any atom is -0.294 e. The van der Waals surface area contributed by atoms with Gasteiger partial charge < -0.3 is 0 Å². The van der Waals surface area contributed by atoms with Crippen molar-refractivity contribution >= 4 is 21.5 Å². The molecule has 3 aromatic carbocycles. The maximum Gasteiger partial charge on any atom is 0.238 e. The van der Waals surface area contributed by atoms with E-state index in [1.807, 2.05) is 78.9 Å². The number of Topliss-reactive ketones (excluding diaryl/α,β-unsaturated/α-hetero) is 1. The summed E-state index contributed by atoms with van der Waals surface area (Å²) in [6.45, 7) is 0.469. The second-order valence-electron chi connectivity index (χ2n) is 7.64. The molecule has 0 spiro atoms. The summed E-state index contributed by atoms with van der Waals surface area (Å²) in [7, 11) is -3.61. The Morgan fingerprint density at radius 1 is 0.867 bits per heavy atom. The molecule has 5 heteroatoms. The largest absolute Gasteiger partial charge is 0.294 e. The third-order valence-corrected chi connectivity index (χ3v) is 8.10. The lowest BCUT2D eigenvalue weighted by Crippen LogP contribution is -2.46. The first-order chi connectivity index (χ1) is 14.6. The molecule has 4 rings (SSSR count). The molecule has 30 heavy (non-hydrogen) atoms. The van der Waals surface area contributed by atoms with Crippen LogP contribution >= 0.6 is 0 Å². The van der Waals surface area contributed by atoms with Gasteiger partial charge in [0.25, 0.3) is 0 Å². The molecule has 0 N–H and O–H groups in total. The van der Waals surface area contributed by atoms with E-state index in [9.17, 15) is 13.2 Å². The van der Waals surface area contributed by atoms with Crippen LogP contribution in [-0.4, -0.2) is 26.0 Å². The first-order valence-corrected chi connectivity index (χ1v) is 11.8. The molecule has 0 radical (unpaired) electrons. The molecular formula is C25H25NO3S. The summed E-state index contributed by atoms with van der Waals surface area (Å²) in [4.78, 5) is 13.0. The summed E-state index contributed by atoms with van der Waals surface area (Å²) < 4.78 is 28.8. The third-order valence-electron chi connectivity index (χ3n) is 5.76. The minimum absolute atomic E-state index is 0.0310. The standard InChI is InChI=1S/C25H25NO3S/c27-24(21-13-6-2-7-14-21)19-23(20-11-4-1-5-12-20)25-17-10-18-26(30(25,28)29)22-15-8-3-9-16-22/h1-9,11-16,23,25H,10,17-19H2/t23-,25-/m1/s1. The number of ketones is 1. The van der Waals surface area contributed by atoms with Crippen LogP contribution < -0.4 is 4.31 Å². The van der Waals surface area contributed by atoms with Gasteiger partial charge in [-0.2, -0.15) is 0 Å². The summed E-state index contributed by atoms with van der Waals surface area (Å²) in [6.07, 6.45) is 1.48. The molecular weight excluding hydrogens is 394 g/mol. The van der Waals surface area contributed by atoms with Crippen LogP contribution in [0.1, 0.15) is 41.1 Å². The Kier molecular flexibility index (Phi) is 6.00. The van der Waals surface area contributed by atoms with E-state index < -0.39 is 21.2 Å². The van der Waals surface area contributed by atoms with Gasteiger partial charge in [-0.1, -0.05) is 78.9 Å². The predicted molar refractivity (Wildman–Crippen MR) is 120 cm³/mol. The average Bonchev–Trinajstić information content (AvgIpc) is 2.79. The number of benzene rings is 3.